The van der Waals surface area contributed by atoms with Crippen LogP contribution in [0.2, 0.25) is 0 Å². The molecule has 0 fully saturated rings. The van der Waals surface area contributed by atoms with Crippen molar-refractivity contribution in [2.24, 2.45) is 10.2 Å². The second kappa shape index (κ2) is 4.50. The topological polar surface area (TPSA) is 62.0 Å². The molecule has 14 heavy (non-hydrogen) atoms. The second-order valence-electron chi connectivity index (χ2n) is 3.07. The van der Waals surface area contributed by atoms with Crippen molar-refractivity contribution in [1.29, 1.82) is 0 Å². The van der Waals surface area contributed by atoms with E-state index < -0.39 is 12.0 Å². The Hall–Kier alpha value is -1.71. The predicted octanol–water partition coefficient (Wildman–Crippen LogP) is 2.55. The van der Waals surface area contributed by atoms with Gasteiger partial charge >= 0.3 is 5.97 Å². The van der Waals surface area contributed by atoms with E-state index in [-0.39, 0.29) is 0 Å². The van der Waals surface area contributed by atoms with Crippen molar-refractivity contribution >= 4 is 11.7 Å². The highest BCUT2D eigenvalue weighted by molar-refractivity contribution is 5.72. The van der Waals surface area contributed by atoms with Crippen molar-refractivity contribution in [3.63, 3.8) is 0 Å². The van der Waals surface area contributed by atoms with Crippen molar-refractivity contribution in [1.82, 2.24) is 0 Å². The summed E-state index contributed by atoms with van der Waals surface area (Å²) in [6.45, 7) is 3.46. The lowest BCUT2D eigenvalue weighted by molar-refractivity contribution is -0.138. The van der Waals surface area contributed by atoms with E-state index in [0.29, 0.717) is 5.69 Å². The summed E-state index contributed by atoms with van der Waals surface area (Å²) in [7, 11) is 0. The van der Waals surface area contributed by atoms with E-state index >= 15 is 0 Å². The van der Waals surface area contributed by atoms with Crippen molar-refractivity contribution in [3.8, 4) is 0 Å². The van der Waals surface area contributed by atoms with Crippen LogP contribution in [-0.4, -0.2) is 17.1 Å². The number of nitrogens with zero attached hydrogens (tertiary/aromatic N) is 2. The highest BCUT2D eigenvalue weighted by Gasteiger charge is 2.07. The van der Waals surface area contributed by atoms with Gasteiger partial charge in [0.05, 0.1) is 5.69 Å². The van der Waals surface area contributed by atoms with Gasteiger partial charge in [-0.3, -0.25) is 0 Å². The lowest BCUT2D eigenvalue weighted by Gasteiger charge is -1.97. The first kappa shape index (κ1) is 10.4. The van der Waals surface area contributed by atoms with Gasteiger partial charge in [-0.25, -0.2) is 4.79 Å². The summed E-state index contributed by atoms with van der Waals surface area (Å²) in [6, 6.07) is 6.61. The van der Waals surface area contributed by atoms with Gasteiger partial charge in [-0.2, -0.15) is 10.2 Å². The molecule has 0 aromatic heterocycles. The normalized spacial score (nSPS) is 13.0. The highest BCUT2D eigenvalue weighted by Crippen LogP contribution is 2.13. The minimum absolute atomic E-state index is 0.670. The van der Waals surface area contributed by atoms with Gasteiger partial charge in [-0.1, -0.05) is 17.7 Å². The average molecular weight is 192 g/mol. The standard InChI is InChI=1S/C10H12N2O2/c1-7-3-5-9(6-4-7)12-11-8(2)10(13)14/h3-6,8H,1-2H3,(H,13,14). The summed E-state index contributed by atoms with van der Waals surface area (Å²) in [6.07, 6.45) is 0. The number of carboxylic acid groups (broad SMARTS) is 1. The zero-order chi connectivity index (χ0) is 10.6. The summed E-state index contributed by atoms with van der Waals surface area (Å²) < 4.78 is 0. The zero-order valence-electron chi connectivity index (χ0n) is 8.14. The number of benzene rings is 1. The Morgan fingerprint density at radius 2 is 1.93 bits per heavy atom. The number of azo groups is 1. The zero-order valence-corrected chi connectivity index (χ0v) is 8.14. The number of hydrogen-bond acceptors (Lipinski definition) is 3. The fourth-order valence-electron chi connectivity index (χ4n) is 0.814. The van der Waals surface area contributed by atoms with E-state index in [4.69, 9.17) is 5.11 Å². The molecule has 1 atom stereocenters. The molecule has 0 heterocycles. The minimum atomic E-state index is -0.971. The summed E-state index contributed by atoms with van der Waals surface area (Å²) >= 11 is 0. The monoisotopic (exact) mass is 192 g/mol. The summed E-state index contributed by atoms with van der Waals surface area (Å²) in [4.78, 5) is 10.4. The maximum Gasteiger partial charge on any atom is 0.330 e. The van der Waals surface area contributed by atoms with Crippen LogP contribution in [0.3, 0.4) is 0 Å². The molecule has 0 amide bonds. The van der Waals surface area contributed by atoms with Crippen molar-refractivity contribution in [3.05, 3.63) is 29.8 Å². The smallest absolute Gasteiger partial charge is 0.330 e. The number of aryl methyl sites for hydroxylation is 1. The summed E-state index contributed by atoms with van der Waals surface area (Å²) in [5.74, 6) is -0.971. The van der Waals surface area contributed by atoms with Crippen LogP contribution in [-0.2, 0) is 4.79 Å². The first-order chi connectivity index (χ1) is 6.59. The van der Waals surface area contributed by atoms with Crippen LogP contribution in [0.4, 0.5) is 5.69 Å². The van der Waals surface area contributed by atoms with E-state index in [0.717, 1.165) is 5.56 Å². The predicted molar refractivity (Wildman–Crippen MR) is 52.8 cm³/mol. The van der Waals surface area contributed by atoms with E-state index in [2.05, 4.69) is 10.2 Å². The molecule has 0 saturated carbocycles. The quantitative estimate of drug-likeness (QED) is 0.748. The van der Waals surface area contributed by atoms with Gasteiger partial charge in [0.25, 0.3) is 0 Å². The number of carboxylic acids is 1. The largest absolute Gasteiger partial charge is 0.480 e. The van der Waals surface area contributed by atoms with Crippen LogP contribution in [0.25, 0.3) is 0 Å². The van der Waals surface area contributed by atoms with E-state index in [1.165, 1.54) is 6.92 Å². The number of hydrogen-bond donors (Lipinski definition) is 1. The fraction of sp³-hybridized carbons (Fsp3) is 0.300. The second-order valence-corrected chi connectivity index (χ2v) is 3.07. The maximum absolute atomic E-state index is 10.4. The number of aliphatic carboxylic acids is 1. The van der Waals surface area contributed by atoms with Gasteiger partial charge in [0.15, 0.2) is 6.04 Å². The van der Waals surface area contributed by atoms with E-state index in [1.807, 2.05) is 19.1 Å². The van der Waals surface area contributed by atoms with Gasteiger partial charge in [0, 0.05) is 0 Å². The van der Waals surface area contributed by atoms with E-state index in [9.17, 15) is 4.79 Å². The molecule has 1 N–H and O–H groups in total. The average Bonchev–Trinajstić information content (AvgIpc) is 2.16. The third kappa shape index (κ3) is 2.97. The van der Waals surface area contributed by atoms with Gasteiger partial charge in [-0.15, -0.1) is 0 Å². The molecule has 1 unspecified atom stereocenters. The Balaban J connectivity index is 2.69. The molecule has 4 nitrogen and oxygen atoms in total. The molecular weight excluding hydrogens is 180 g/mol. The van der Waals surface area contributed by atoms with Crippen LogP contribution in [0.1, 0.15) is 12.5 Å². The molecule has 0 spiro atoms. The number of carbonyl (C=O) groups is 1. The van der Waals surface area contributed by atoms with Crippen LogP contribution >= 0.6 is 0 Å². The van der Waals surface area contributed by atoms with E-state index in [1.54, 1.807) is 12.1 Å². The van der Waals surface area contributed by atoms with Crippen LogP contribution < -0.4 is 0 Å². The molecule has 0 aliphatic heterocycles. The molecule has 1 aromatic rings. The highest BCUT2D eigenvalue weighted by atomic mass is 16.4. The first-order valence-electron chi connectivity index (χ1n) is 4.30. The lowest BCUT2D eigenvalue weighted by Crippen LogP contribution is -2.11. The molecule has 0 aliphatic carbocycles. The molecule has 74 valence electrons. The summed E-state index contributed by atoms with van der Waals surface area (Å²) in [5.41, 5.74) is 1.80. The Morgan fingerprint density at radius 3 is 2.43 bits per heavy atom. The first-order valence-corrected chi connectivity index (χ1v) is 4.30. The van der Waals surface area contributed by atoms with Crippen LogP contribution in [0, 0.1) is 6.92 Å². The third-order valence-corrected chi connectivity index (χ3v) is 1.74. The van der Waals surface area contributed by atoms with Gasteiger partial charge in [0.1, 0.15) is 0 Å². The molecule has 0 bridgehead atoms. The fourth-order valence-corrected chi connectivity index (χ4v) is 0.814. The number of rotatable bonds is 3. The molecule has 0 aliphatic rings. The molecule has 0 saturated heterocycles. The van der Waals surface area contributed by atoms with Crippen LogP contribution in [0.5, 0.6) is 0 Å². The molecule has 1 aromatic carbocycles. The van der Waals surface area contributed by atoms with Crippen molar-refractivity contribution in [2.75, 3.05) is 0 Å². The Morgan fingerprint density at radius 1 is 1.36 bits per heavy atom. The SMILES string of the molecule is Cc1ccc(N=NC(C)C(=O)O)cc1. The van der Waals surface area contributed by atoms with Crippen molar-refractivity contribution in [2.45, 2.75) is 19.9 Å². The molecule has 0 radical (unpaired) electrons. The third-order valence-electron chi connectivity index (χ3n) is 1.74. The van der Waals surface area contributed by atoms with Gasteiger partial charge in [0.2, 0.25) is 0 Å². The van der Waals surface area contributed by atoms with Crippen molar-refractivity contribution < 1.29 is 9.90 Å². The minimum Gasteiger partial charge on any atom is -0.480 e. The molecular formula is C10H12N2O2. The van der Waals surface area contributed by atoms with Gasteiger partial charge < -0.3 is 5.11 Å². The van der Waals surface area contributed by atoms with Crippen LogP contribution in [0.15, 0.2) is 34.5 Å². The Bertz CT molecular complexity index is 344. The van der Waals surface area contributed by atoms with Gasteiger partial charge in [-0.05, 0) is 26.0 Å². The Kier molecular flexibility index (Phi) is 3.34. The summed E-state index contributed by atoms with van der Waals surface area (Å²) in [5, 5.41) is 16.0. The lowest BCUT2D eigenvalue weighted by atomic mass is 10.2. The maximum atomic E-state index is 10.4. The molecule has 1 rings (SSSR count). The molecule has 4 heteroatoms. The Labute approximate surface area is 82.3 Å².